The summed E-state index contributed by atoms with van der Waals surface area (Å²) in [6, 6.07) is 0. The predicted octanol–water partition coefficient (Wildman–Crippen LogP) is 1.42. The third-order valence-corrected chi connectivity index (χ3v) is 2.12. The van der Waals surface area contributed by atoms with Crippen LogP contribution in [-0.4, -0.2) is 21.8 Å². The van der Waals surface area contributed by atoms with Crippen LogP contribution >= 0.6 is 0 Å². The maximum absolute atomic E-state index is 10.6. The van der Waals surface area contributed by atoms with Crippen molar-refractivity contribution in [3.8, 4) is 0 Å². The van der Waals surface area contributed by atoms with E-state index in [1.807, 2.05) is 6.92 Å². The van der Waals surface area contributed by atoms with Crippen LogP contribution in [0.5, 0.6) is 0 Å². The average Bonchev–Trinajstić information content (AvgIpc) is 2.03. The van der Waals surface area contributed by atoms with Crippen molar-refractivity contribution in [1.29, 1.82) is 0 Å². The Bertz CT molecular complexity index is 177. The van der Waals surface area contributed by atoms with Crippen molar-refractivity contribution in [2.75, 3.05) is 0 Å². The zero-order valence-corrected chi connectivity index (χ0v) is 7.58. The van der Waals surface area contributed by atoms with Gasteiger partial charge in [0.2, 0.25) is 0 Å². The Kier molecular flexibility index (Phi) is 3.96. The van der Waals surface area contributed by atoms with Gasteiger partial charge in [-0.05, 0) is 13.3 Å². The molecule has 2 N–H and O–H groups in total. The average molecular weight is 172 g/mol. The molecule has 0 aromatic carbocycles. The van der Waals surface area contributed by atoms with Crippen LogP contribution in [0.3, 0.4) is 0 Å². The van der Waals surface area contributed by atoms with Crippen LogP contribution in [0.25, 0.3) is 0 Å². The molecule has 0 aliphatic carbocycles. The molecule has 0 saturated heterocycles. The molecule has 12 heavy (non-hydrogen) atoms. The first-order chi connectivity index (χ1) is 5.48. The quantitative estimate of drug-likeness (QED) is 0.617. The van der Waals surface area contributed by atoms with E-state index in [0.717, 1.165) is 6.42 Å². The third kappa shape index (κ3) is 2.34. The number of rotatable bonds is 5. The summed E-state index contributed by atoms with van der Waals surface area (Å²) in [5.41, 5.74) is -1.26. The fourth-order valence-corrected chi connectivity index (χ4v) is 1.11. The molecule has 0 spiro atoms. The van der Waals surface area contributed by atoms with Gasteiger partial charge in [-0.25, -0.2) is 0 Å². The Morgan fingerprint density at radius 1 is 1.75 bits per heavy atom. The topological polar surface area (TPSA) is 57.5 Å². The third-order valence-electron chi connectivity index (χ3n) is 2.12. The molecular formula is C9H16O3. The summed E-state index contributed by atoms with van der Waals surface area (Å²) in [4.78, 5) is 10.6. The van der Waals surface area contributed by atoms with Gasteiger partial charge < -0.3 is 10.2 Å². The maximum Gasteiger partial charge on any atom is 0.309 e. The lowest BCUT2D eigenvalue weighted by Gasteiger charge is -2.27. The van der Waals surface area contributed by atoms with Gasteiger partial charge in [-0.2, -0.15) is 0 Å². The van der Waals surface area contributed by atoms with Crippen molar-refractivity contribution in [1.82, 2.24) is 0 Å². The Morgan fingerprint density at radius 3 is 2.50 bits per heavy atom. The van der Waals surface area contributed by atoms with Crippen molar-refractivity contribution in [3.05, 3.63) is 12.7 Å². The van der Waals surface area contributed by atoms with E-state index in [-0.39, 0.29) is 0 Å². The molecule has 0 heterocycles. The Balaban J connectivity index is 4.49. The van der Waals surface area contributed by atoms with E-state index in [1.54, 1.807) is 0 Å². The fraction of sp³-hybridized carbons (Fsp3) is 0.667. The van der Waals surface area contributed by atoms with Crippen LogP contribution in [-0.2, 0) is 4.79 Å². The highest BCUT2D eigenvalue weighted by atomic mass is 16.4. The minimum Gasteiger partial charge on any atom is -0.481 e. The van der Waals surface area contributed by atoms with Crippen molar-refractivity contribution in [2.24, 2.45) is 5.92 Å². The molecule has 0 fully saturated rings. The molecule has 0 rings (SSSR count). The van der Waals surface area contributed by atoms with Crippen LogP contribution in [0.15, 0.2) is 12.7 Å². The standard InChI is InChI=1S/C9H16O3/c1-4-6-9(12,5-2)7(3)8(10)11/h5,7,12H,2,4,6H2,1,3H3,(H,10,11). The lowest BCUT2D eigenvalue weighted by atomic mass is 9.85. The number of carboxylic acids is 1. The molecule has 2 unspecified atom stereocenters. The van der Waals surface area contributed by atoms with E-state index in [0.29, 0.717) is 6.42 Å². The molecule has 0 bridgehead atoms. The van der Waals surface area contributed by atoms with Gasteiger partial charge in [0, 0.05) is 0 Å². The number of hydrogen-bond acceptors (Lipinski definition) is 2. The van der Waals surface area contributed by atoms with Gasteiger partial charge in [0.1, 0.15) is 0 Å². The van der Waals surface area contributed by atoms with Gasteiger partial charge in [-0.3, -0.25) is 4.79 Å². The van der Waals surface area contributed by atoms with Crippen molar-refractivity contribution < 1.29 is 15.0 Å². The second-order valence-corrected chi connectivity index (χ2v) is 3.01. The SMILES string of the molecule is C=CC(O)(CCC)C(C)C(=O)O. The van der Waals surface area contributed by atoms with Gasteiger partial charge in [0.25, 0.3) is 0 Å². The zero-order chi connectivity index (χ0) is 9.78. The first kappa shape index (κ1) is 11.2. The largest absolute Gasteiger partial charge is 0.481 e. The molecule has 0 saturated carbocycles. The lowest BCUT2D eigenvalue weighted by Crippen LogP contribution is -2.38. The van der Waals surface area contributed by atoms with E-state index in [4.69, 9.17) is 5.11 Å². The number of hydrogen-bond donors (Lipinski definition) is 2. The number of carbonyl (C=O) groups is 1. The minimum atomic E-state index is -1.26. The molecule has 0 aliphatic heterocycles. The van der Waals surface area contributed by atoms with Crippen LogP contribution < -0.4 is 0 Å². The summed E-state index contributed by atoms with van der Waals surface area (Å²) in [7, 11) is 0. The van der Waals surface area contributed by atoms with Crippen molar-refractivity contribution in [2.45, 2.75) is 32.3 Å². The number of aliphatic hydroxyl groups is 1. The smallest absolute Gasteiger partial charge is 0.309 e. The molecule has 0 aromatic heterocycles. The van der Waals surface area contributed by atoms with Gasteiger partial charge >= 0.3 is 5.97 Å². The van der Waals surface area contributed by atoms with E-state index in [1.165, 1.54) is 13.0 Å². The van der Waals surface area contributed by atoms with Crippen molar-refractivity contribution >= 4 is 5.97 Å². The molecule has 3 heteroatoms. The molecule has 3 nitrogen and oxygen atoms in total. The number of aliphatic carboxylic acids is 1. The van der Waals surface area contributed by atoms with Crippen LogP contribution in [0, 0.1) is 5.92 Å². The summed E-state index contributed by atoms with van der Waals surface area (Å²) in [5.74, 6) is -1.79. The molecule has 0 aromatic rings. The maximum atomic E-state index is 10.6. The monoisotopic (exact) mass is 172 g/mol. The first-order valence-corrected chi connectivity index (χ1v) is 4.06. The van der Waals surface area contributed by atoms with E-state index in [2.05, 4.69) is 6.58 Å². The molecule has 0 aliphatic rings. The van der Waals surface area contributed by atoms with Gasteiger partial charge in [0.15, 0.2) is 0 Å². The molecular weight excluding hydrogens is 156 g/mol. The second kappa shape index (κ2) is 4.26. The van der Waals surface area contributed by atoms with E-state index < -0.39 is 17.5 Å². The Labute approximate surface area is 72.7 Å². The van der Waals surface area contributed by atoms with E-state index in [9.17, 15) is 9.90 Å². The first-order valence-electron chi connectivity index (χ1n) is 4.06. The highest BCUT2D eigenvalue weighted by Gasteiger charge is 2.34. The van der Waals surface area contributed by atoms with Gasteiger partial charge in [-0.15, -0.1) is 6.58 Å². The predicted molar refractivity (Wildman–Crippen MR) is 46.9 cm³/mol. The summed E-state index contributed by atoms with van der Waals surface area (Å²) >= 11 is 0. The lowest BCUT2D eigenvalue weighted by molar-refractivity contribution is -0.148. The summed E-state index contributed by atoms with van der Waals surface area (Å²) in [6.07, 6.45) is 2.49. The highest BCUT2D eigenvalue weighted by Crippen LogP contribution is 2.24. The molecule has 70 valence electrons. The van der Waals surface area contributed by atoms with Crippen LogP contribution in [0.4, 0.5) is 0 Å². The minimum absolute atomic E-state index is 0.434. The zero-order valence-electron chi connectivity index (χ0n) is 7.58. The van der Waals surface area contributed by atoms with E-state index >= 15 is 0 Å². The number of carboxylic acid groups (broad SMARTS) is 1. The van der Waals surface area contributed by atoms with Crippen LogP contribution in [0.1, 0.15) is 26.7 Å². The molecule has 0 amide bonds. The molecule has 2 atom stereocenters. The summed E-state index contributed by atoms with van der Waals surface area (Å²) in [5, 5.41) is 18.4. The molecule has 0 radical (unpaired) electrons. The van der Waals surface area contributed by atoms with Gasteiger partial charge in [-0.1, -0.05) is 19.4 Å². The summed E-state index contributed by atoms with van der Waals surface area (Å²) < 4.78 is 0. The normalized spacial score (nSPS) is 17.9. The summed E-state index contributed by atoms with van der Waals surface area (Å²) in [6.45, 7) is 6.82. The van der Waals surface area contributed by atoms with Crippen molar-refractivity contribution in [3.63, 3.8) is 0 Å². The van der Waals surface area contributed by atoms with Crippen LogP contribution in [0.2, 0.25) is 0 Å². The Hall–Kier alpha value is -0.830. The van der Waals surface area contributed by atoms with Gasteiger partial charge in [0.05, 0.1) is 11.5 Å². The second-order valence-electron chi connectivity index (χ2n) is 3.01. The fourth-order valence-electron chi connectivity index (χ4n) is 1.11. The Morgan fingerprint density at radius 2 is 2.25 bits per heavy atom. The highest BCUT2D eigenvalue weighted by molar-refractivity contribution is 5.71.